The van der Waals surface area contributed by atoms with Gasteiger partial charge in [-0.3, -0.25) is 0 Å². The summed E-state index contributed by atoms with van der Waals surface area (Å²) >= 11 is 1.60. The van der Waals surface area contributed by atoms with Gasteiger partial charge in [-0.05, 0) is 36.8 Å². The fourth-order valence-corrected chi connectivity index (χ4v) is 3.42. The molecule has 0 saturated carbocycles. The number of hydrogen-bond donors (Lipinski definition) is 0. The van der Waals surface area contributed by atoms with E-state index in [1.54, 1.807) is 28.6 Å². The van der Waals surface area contributed by atoms with E-state index >= 15 is 0 Å². The molecule has 0 N–H and O–H groups in total. The topological polar surface area (TPSA) is 56.5 Å². The van der Waals surface area contributed by atoms with Crippen molar-refractivity contribution in [3.63, 3.8) is 0 Å². The smallest absolute Gasteiger partial charge is 0.187 e. The molecule has 2 aromatic heterocycles. The highest BCUT2D eigenvalue weighted by molar-refractivity contribution is 7.98. The lowest BCUT2D eigenvalue weighted by Gasteiger charge is -2.04. The Morgan fingerprint density at radius 2 is 1.92 bits per heavy atom. The van der Waals surface area contributed by atoms with Crippen LogP contribution in [0.2, 0.25) is 0 Å². The molecule has 7 heteroatoms. The molecule has 2 aromatic carbocycles. The fourth-order valence-electron chi connectivity index (χ4n) is 2.54. The zero-order valence-corrected chi connectivity index (χ0v) is 14.2. The van der Waals surface area contributed by atoms with Crippen LogP contribution in [0.4, 0.5) is 4.39 Å². The molecular weight excluding hydrogens is 337 g/mol. The lowest BCUT2D eigenvalue weighted by molar-refractivity contribution is 0.627. The average molecular weight is 351 g/mol. The number of rotatable bonds is 4. The van der Waals surface area contributed by atoms with Crippen LogP contribution in [0.1, 0.15) is 11.1 Å². The fraction of sp³-hybridized carbons (Fsp3) is 0.111. The summed E-state index contributed by atoms with van der Waals surface area (Å²) in [6.07, 6.45) is 1.50. The Hall–Kier alpha value is -2.80. The number of fused-ring (bicyclic) bond motifs is 1. The van der Waals surface area contributed by atoms with Crippen molar-refractivity contribution >= 4 is 22.9 Å². The number of thioether (sulfide) groups is 1. The molecule has 0 bridgehead atoms. The van der Waals surface area contributed by atoms with Gasteiger partial charge in [0.05, 0.1) is 5.69 Å². The number of hydrogen-bond acceptors (Lipinski definition) is 5. The predicted molar refractivity (Wildman–Crippen MR) is 95.2 cm³/mol. The summed E-state index contributed by atoms with van der Waals surface area (Å²) in [4.78, 5) is 8.63. The number of aryl methyl sites for hydroxylation is 1. The summed E-state index contributed by atoms with van der Waals surface area (Å²) in [7, 11) is 0. The Kier molecular flexibility index (Phi) is 4.15. The summed E-state index contributed by atoms with van der Waals surface area (Å²) in [5, 5.41) is 9.15. The van der Waals surface area contributed by atoms with Gasteiger partial charge in [0.15, 0.2) is 11.2 Å². The molecular formula is C18H14FN5S. The van der Waals surface area contributed by atoms with Gasteiger partial charge in [-0.25, -0.2) is 14.4 Å². The number of nitrogens with zero attached hydrogens (tertiary/aromatic N) is 5. The molecule has 0 aliphatic rings. The van der Waals surface area contributed by atoms with Gasteiger partial charge in [0.1, 0.15) is 17.2 Å². The van der Waals surface area contributed by atoms with Gasteiger partial charge in [0.25, 0.3) is 0 Å². The summed E-state index contributed by atoms with van der Waals surface area (Å²) in [5.41, 5.74) is 4.41. The average Bonchev–Trinajstić information content (AvgIpc) is 3.05. The van der Waals surface area contributed by atoms with E-state index in [0.717, 1.165) is 10.8 Å². The minimum atomic E-state index is -0.294. The van der Waals surface area contributed by atoms with Crippen molar-refractivity contribution in [2.45, 2.75) is 17.7 Å². The first kappa shape index (κ1) is 15.7. The highest BCUT2D eigenvalue weighted by Crippen LogP contribution is 2.27. The third kappa shape index (κ3) is 3.23. The Morgan fingerprint density at radius 3 is 2.72 bits per heavy atom. The summed E-state index contributed by atoms with van der Waals surface area (Å²) in [5.74, 6) is 0.495. The first-order valence-electron chi connectivity index (χ1n) is 7.71. The zero-order chi connectivity index (χ0) is 17.2. The lowest BCUT2D eigenvalue weighted by Crippen LogP contribution is -1.98. The van der Waals surface area contributed by atoms with Crippen molar-refractivity contribution in [2.75, 3.05) is 0 Å². The highest BCUT2D eigenvalue weighted by Gasteiger charge is 2.13. The summed E-state index contributed by atoms with van der Waals surface area (Å²) in [6, 6.07) is 14.4. The normalized spacial score (nSPS) is 11.1. The summed E-state index contributed by atoms with van der Waals surface area (Å²) in [6.45, 7) is 2.07. The van der Waals surface area contributed by atoms with Crippen molar-refractivity contribution < 1.29 is 4.39 Å². The summed E-state index contributed by atoms with van der Waals surface area (Å²) < 4.78 is 14.7. The van der Waals surface area contributed by atoms with Gasteiger partial charge in [-0.1, -0.05) is 46.8 Å². The molecule has 0 aliphatic heterocycles. The first-order chi connectivity index (χ1) is 12.2. The molecule has 2 heterocycles. The second-order valence-electron chi connectivity index (χ2n) is 5.61. The SMILES string of the molecule is Cc1cccc(CSc2ncnc3c2nnn3-c2ccc(F)cc2)c1. The van der Waals surface area contributed by atoms with Gasteiger partial charge in [0, 0.05) is 5.75 Å². The zero-order valence-electron chi connectivity index (χ0n) is 13.4. The molecule has 4 aromatic rings. The predicted octanol–water partition coefficient (Wildman–Crippen LogP) is 3.95. The Bertz CT molecular complexity index is 1030. The van der Waals surface area contributed by atoms with E-state index in [4.69, 9.17) is 0 Å². The van der Waals surface area contributed by atoms with Crippen molar-refractivity contribution in [2.24, 2.45) is 0 Å². The van der Waals surface area contributed by atoms with Gasteiger partial charge in [0.2, 0.25) is 0 Å². The Labute approximate surface area is 147 Å². The van der Waals surface area contributed by atoms with Crippen LogP contribution in [0, 0.1) is 12.7 Å². The largest absolute Gasteiger partial charge is 0.227 e. The second kappa shape index (κ2) is 6.60. The van der Waals surface area contributed by atoms with Gasteiger partial charge < -0.3 is 0 Å². The van der Waals surface area contributed by atoms with E-state index in [2.05, 4.69) is 45.4 Å². The van der Waals surface area contributed by atoms with E-state index in [1.807, 2.05) is 6.07 Å². The van der Waals surface area contributed by atoms with Crippen LogP contribution in [0.25, 0.3) is 16.9 Å². The number of halogens is 1. The molecule has 0 radical (unpaired) electrons. The van der Waals surface area contributed by atoms with Crippen molar-refractivity contribution in [3.8, 4) is 5.69 Å². The van der Waals surface area contributed by atoms with E-state index < -0.39 is 0 Å². The standard InChI is InChI=1S/C18H14FN5S/c1-12-3-2-4-13(9-12)10-25-18-16-17(20-11-21-18)24(23-22-16)15-7-5-14(19)6-8-15/h2-9,11H,10H2,1H3. The van der Waals surface area contributed by atoms with E-state index in [9.17, 15) is 4.39 Å². The molecule has 0 unspecified atom stereocenters. The van der Waals surface area contributed by atoms with Gasteiger partial charge in [-0.15, -0.1) is 5.10 Å². The maximum Gasteiger partial charge on any atom is 0.187 e. The van der Waals surface area contributed by atoms with Crippen LogP contribution in [0.5, 0.6) is 0 Å². The van der Waals surface area contributed by atoms with E-state index in [-0.39, 0.29) is 5.82 Å². The van der Waals surface area contributed by atoms with Crippen LogP contribution in [0.15, 0.2) is 59.9 Å². The molecule has 0 aliphatic carbocycles. The van der Waals surface area contributed by atoms with Crippen molar-refractivity contribution in [1.29, 1.82) is 0 Å². The van der Waals surface area contributed by atoms with Crippen molar-refractivity contribution in [3.05, 3.63) is 71.8 Å². The molecule has 5 nitrogen and oxygen atoms in total. The van der Waals surface area contributed by atoms with Gasteiger partial charge in [-0.2, -0.15) is 4.68 Å². The minimum absolute atomic E-state index is 0.294. The molecule has 0 amide bonds. The van der Waals surface area contributed by atoms with Crippen LogP contribution in [-0.2, 0) is 5.75 Å². The van der Waals surface area contributed by atoms with Crippen LogP contribution in [-0.4, -0.2) is 25.0 Å². The molecule has 0 atom stereocenters. The monoisotopic (exact) mass is 351 g/mol. The first-order valence-corrected chi connectivity index (χ1v) is 8.70. The Morgan fingerprint density at radius 1 is 1.08 bits per heavy atom. The lowest BCUT2D eigenvalue weighted by atomic mass is 10.2. The number of benzene rings is 2. The molecule has 124 valence electrons. The molecule has 0 saturated heterocycles. The third-order valence-corrected chi connectivity index (χ3v) is 4.78. The number of aromatic nitrogens is 5. The Balaban J connectivity index is 1.66. The van der Waals surface area contributed by atoms with Gasteiger partial charge >= 0.3 is 0 Å². The third-order valence-electron chi connectivity index (χ3n) is 3.73. The maximum absolute atomic E-state index is 13.1. The quantitative estimate of drug-likeness (QED) is 0.412. The highest BCUT2D eigenvalue weighted by atomic mass is 32.2. The van der Waals surface area contributed by atoms with Crippen LogP contribution < -0.4 is 0 Å². The van der Waals surface area contributed by atoms with Crippen LogP contribution >= 0.6 is 11.8 Å². The molecule has 25 heavy (non-hydrogen) atoms. The molecule has 0 spiro atoms. The molecule has 0 fully saturated rings. The van der Waals surface area contributed by atoms with Crippen LogP contribution in [0.3, 0.4) is 0 Å². The van der Waals surface area contributed by atoms with Crippen molar-refractivity contribution in [1.82, 2.24) is 25.0 Å². The van der Waals surface area contributed by atoms with E-state index in [1.165, 1.54) is 29.6 Å². The van der Waals surface area contributed by atoms with E-state index in [0.29, 0.717) is 16.9 Å². The minimum Gasteiger partial charge on any atom is -0.227 e. The maximum atomic E-state index is 13.1. The second-order valence-corrected chi connectivity index (χ2v) is 6.57. The molecule has 4 rings (SSSR count).